The van der Waals surface area contributed by atoms with Gasteiger partial charge in [0, 0.05) is 24.5 Å². The molecule has 2 nitrogen and oxygen atoms in total. The summed E-state index contributed by atoms with van der Waals surface area (Å²) in [5.41, 5.74) is 0.825. The summed E-state index contributed by atoms with van der Waals surface area (Å²) in [6, 6.07) is 1.70. The van der Waals surface area contributed by atoms with Crippen LogP contribution in [0.5, 0.6) is 0 Å². The van der Waals surface area contributed by atoms with Crippen molar-refractivity contribution >= 4 is 0 Å². The van der Waals surface area contributed by atoms with Gasteiger partial charge in [-0.05, 0) is 32.4 Å². The van der Waals surface area contributed by atoms with E-state index in [2.05, 4.69) is 5.32 Å². The van der Waals surface area contributed by atoms with Gasteiger partial charge in [-0.2, -0.15) is 13.2 Å². The van der Waals surface area contributed by atoms with Gasteiger partial charge in [-0.3, -0.25) is 0 Å². The van der Waals surface area contributed by atoms with Crippen LogP contribution in [0.1, 0.15) is 26.3 Å². The molecule has 0 unspecified atom stereocenters. The van der Waals surface area contributed by atoms with Crippen LogP contribution in [0, 0.1) is 0 Å². The first-order chi connectivity index (χ1) is 7.16. The summed E-state index contributed by atoms with van der Waals surface area (Å²) in [5, 5.41) is 3.22. The van der Waals surface area contributed by atoms with E-state index in [0.717, 1.165) is 10.1 Å². The Kier molecular flexibility index (Phi) is 3.68. The highest BCUT2D eigenvalue weighted by molar-refractivity contribution is 5.10. The predicted octanol–water partition coefficient (Wildman–Crippen LogP) is 2.94. The number of alkyl halides is 3. The minimum absolute atomic E-state index is 0.0356. The van der Waals surface area contributed by atoms with E-state index in [0.29, 0.717) is 6.54 Å². The Labute approximate surface area is 93.5 Å². The summed E-state index contributed by atoms with van der Waals surface area (Å²) in [6.07, 6.45) is -1.19. The van der Waals surface area contributed by atoms with Crippen molar-refractivity contribution in [3.8, 4) is 0 Å². The molecule has 5 heteroatoms. The largest absolute Gasteiger partial charge is 0.406 e. The Bertz CT molecular complexity index is 334. The molecule has 0 saturated carbocycles. The minimum atomic E-state index is -4.16. The smallest absolute Gasteiger partial charge is 0.345 e. The van der Waals surface area contributed by atoms with Gasteiger partial charge >= 0.3 is 6.18 Å². The number of hydrogen-bond donors (Lipinski definition) is 1. The highest BCUT2D eigenvalue weighted by atomic mass is 19.4. The zero-order valence-corrected chi connectivity index (χ0v) is 9.73. The van der Waals surface area contributed by atoms with Crippen LogP contribution >= 0.6 is 0 Å². The maximum absolute atomic E-state index is 12.1. The lowest BCUT2D eigenvalue weighted by Gasteiger charge is -2.19. The lowest BCUT2D eigenvalue weighted by atomic mass is 10.1. The Hall–Kier alpha value is -0.970. The summed E-state index contributed by atoms with van der Waals surface area (Å²) >= 11 is 0. The van der Waals surface area contributed by atoms with E-state index in [4.69, 9.17) is 0 Å². The lowest BCUT2D eigenvalue weighted by Crippen LogP contribution is -2.34. The van der Waals surface area contributed by atoms with Crippen molar-refractivity contribution in [3.05, 3.63) is 24.0 Å². The average Bonchev–Trinajstić information content (AvgIpc) is 2.44. The minimum Gasteiger partial charge on any atom is -0.345 e. The third-order valence-corrected chi connectivity index (χ3v) is 2.00. The molecule has 0 spiro atoms. The molecule has 0 aliphatic carbocycles. The SMILES string of the molecule is CC(C)(C)NCc1ccn(CC(F)(F)F)c1. The maximum atomic E-state index is 12.1. The zero-order valence-electron chi connectivity index (χ0n) is 9.73. The van der Waals surface area contributed by atoms with Crippen molar-refractivity contribution in [2.75, 3.05) is 0 Å². The molecule has 0 aliphatic heterocycles. The van der Waals surface area contributed by atoms with Crippen LogP contribution in [-0.2, 0) is 13.1 Å². The first-order valence-corrected chi connectivity index (χ1v) is 5.12. The van der Waals surface area contributed by atoms with Gasteiger partial charge in [-0.1, -0.05) is 0 Å². The van der Waals surface area contributed by atoms with Crippen LogP contribution in [0.2, 0.25) is 0 Å². The second-order valence-electron chi connectivity index (χ2n) is 4.91. The third kappa shape index (κ3) is 5.21. The molecule has 0 amide bonds. The highest BCUT2D eigenvalue weighted by Crippen LogP contribution is 2.18. The van der Waals surface area contributed by atoms with Gasteiger partial charge in [0.15, 0.2) is 0 Å². The molecule has 0 fully saturated rings. The number of halogens is 3. The standard InChI is InChI=1S/C11H17F3N2/c1-10(2,3)15-6-9-4-5-16(7-9)8-11(12,13)14/h4-5,7,15H,6,8H2,1-3H3. The monoisotopic (exact) mass is 234 g/mol. The second kappa shape index (κ2) is 4.49. The van der Waals surface area contributed by atoms with Gasteiger partial charge < -0.3 is 9.88 Å². The Balaban J connectivity index is 2.52. The molecular formula is C11H17F3N2. The molecule has 0 radical (unpaired) electrons. The fourth-order valence-corrected chi connectivity index (χ4v) is 1.27. The molecule has 0 aromatic carbocycles. The highest BCUT2D eigenvalue weighted by Gasteiger charge is 2.27. The molecule has 1 heterocycles. The number of nitrogens with zero attached hydrogens (tertiary/aromatic N) is 1. The maximum Gasteiger partial charge on any atom is 0.406 e. The molecule has 0 atom stereocenters. The fraction of sp³-hybridized carbons (Fsp3) is 0.636. The van der Waals surface area contributed by atoms with Crippen molar-refractivity contribution in [2.45, 2.75) is 45.6 Å². The first kappa shape index (κ1) is 13.1. The van der Waals surface area contributed by atoms with E-state index in [1.165, 1.54) is 12.4 Å². The molecule has 0 bridgehead atoms. The molecule has 1 N–H and O–H groups in total. The summed E-state index contributed by atoms with van der Waals surface area (Å²) < 4.78 is 37.4. The molecule has 16 heavy (non-hydrogen) atoms. The normalized spacial score (nSPS) is 13.1. The predicted molar refractivity (Wildman–Crippen MR) is 57.1 cm³/mol. The Morgan fingerprint density at radius 2 is 1.88 bits per heavy atom. The molecule has 1 aromatic heterocycles. The lowest BCUT2D eigenvalue weighted by molar-refractivity contribution is -0.140. The van der Waals surface area contributed by atoms with Crippen LogP contribution in [0.3, 0.4) is 0 Å². The van der Waals surface area contributed by atoms with E-state index < -0.39 is 12.7 Å². The van der Waals surface area contributed by atoms with Gasteiger partial charge in [0.2, 0.25) is 0 Å². The summed E-state index contributed by atoms with van der Waals surface area (Å²) in [6.45, 7) is 5.69. The second-order valence-corrected chi connectivity index (χ2v) is 4.91. The number of hydrogen-bond acceptors (Lipinski definition) is 1. The van der Waals surface area contributed by atoms with Crippen LogP contribution in [0.25, 0.3) is 0 Å². The molecule has 1 aromatic rings. The quantitative estimate of drug-likeness (QED) is 0.850. The first-order valence-electron chi connectivity index (χ1n) is 5.12. The molecular weight excluding hydrogens is 217 g/mol. The summed E-state index contributed by atoms with van der Waals surface area (Å²) in [5.74, 6) is 0. The van der Waals surface area contributed by atoms with Crippen molar-refractivity contribution in [1.82, 2.24) is 9.88 Å². The van der Waals surface area contributed by atoms with E-state index in [1.807, 2.05) is 20.8 Å². The van der Waals surface area contributed by atoms with E-state index in [-0.39, 0.29) is 5.54 Å². The number of aromatic nitrogens is 1. The van der Waals surface area contributed by atoms with Gasteiger partial charge in [-0.15, -0.1) is 0 Å². The fourth-order valence-electron chi connectivity index (χ4n) is 1.27. The summed E-state index contributed by atoms with van der Waals surface area (Å²) in [7, 11) is 0. The van der Waals surface area contributed by atoms with Crippen LogP contribution in [0.4, 0.5) is 13.2 Å². The Morgan fingerprint density at radius 1 is 1.25 bits per heavy atom. The van der Waals surface area contributed by atoms with Crippen LogP contribution in [0.15, 0.2) is 18.5 Å². The average molecular weight is 234 g/mol. The van der Waals surface area contributed by atoms with E-state index >= 15 is 0 Å². The number of rotatable bonds is 3. The van der Waals surface area contributed by atoms with Crippen molar-refractivity contribution in [3.63, 3.8) is 0 Å². The van der Waals surface area contributed by atoms with Crippen molar-refractivity contribution < 1.29 is 13.2 Å². The zero-order chi connectivity index (χ0) is 12.4. The third-order valence-electron chi connectivity index (χ3n) is 2.00. The number of nitrogens with one attached hydrogen (secondary N) is 1. The molecule has 1 rings (SSSR count). The van der Waals surface area contributed by atoms with Gasteiger partial charge in [0.05, 0.1) is 0 Å². The van der Waals surface area contributed by atoms with E-state index in [9.17, 15) is 13.2 Å². The van der Waals surface area contributed by atoms with Gasteiger partial charge in [0.1, 0.15) is 6.54 Å². The van der Waals surface area contributed by atoms with Crippen LogP contribution in [-0.4, -0.2) is 16.3 Å². The molecule has 0 aliphatic rings. The van der Waals surface area contributed by atoms with Crippen molar-refractivity contribution in [2.24, 2.45) is 0 Å². The molecule has 92 valence electrons. The van der Waals surface area contributed by atoms with Crippen molar-refractivity contribution in [1.29, 1.82) is 0 Å². The van der Waals surface area contributed by atoms with Crippen LogP contribution < -0.4 is 5.32 Å². The molecule has 0 saturated heterocycles. The summed E-state index contributed by atoms with van der Waals surface area (Å²) in [4.78, 5) is 0. The van der Waals surface area contributed by atoms with Gasteiger partial charge in [-0.25, -0.2) is 0 Å². The van der Waals surface area contributed by atoms with Gasteiger partial charge in [0.25, 0.3) is 0 Å². The topological polar surface area (TPSA) is 17.0 Å². The van der Waals surface area contributed by atoms with E-state index in [1.54, 1.807) is 6.07 Å². The Morgan fingerprint density at radius 3 is 2.38 bits per heavy atom.